The van der Waals surface area contributed by atoms with Gasteiger partial charge >= 0.3 is 0 Å². The number of rotatable bonds is 9. The van der Waals surface area contributed by atoms with E-state index in [0.717, 1.165) is 32.2 Å². The molecule has 0 unspecified atom stereocenters. The van der Waals surface area contributed by atoms with Gasteiger partial charge in [0.2, 0.25) is 5.95 Å². The molecule has 5 heteroatoms. The van der Waals surface area contributed by atoms with Crippen molar-refractivity contribution in [3.05, 3.63) is 53.9 Å². The smallest absolute Gasteiger partial charge is 0.254 e. The Morgan fingerprint density at radius 1 is 1.04 bits per heavy atom. The van der Waals surface area contributed by atoms with E-state index in [1.165, 1.54) is 5.56 Å². The van der Waals surface area contributed by atoms with Crippen molar-refractivity contribution in [3.8, 4) is 0 Å². The first kappa shape index (κ1) is 16.9. The quantitative estimate of drug-likeness (QED) is 0.698. The Balaban J connectivity index is 1.71. The molecule has 0 aliphatic carbocycles. The minimum Gasteiger partial charge on any atom is -0.354 e. The molecule has 0 aliphatic heterocycles. The molecule has 1 amide bonds. The van der Waals surface area contributed by atoms with Gasteiger partial charge in [-0.25, -0.2) is 9.97 Å². The monoisotopic (exact) mass is 312 g/mol. The molecule has 5 nitrogen and oxygen atoms in total. The third kappa shape index (κ3) is 6.06. The summed E-state index contributed by atoms with van der Waals surface area (Å²) in [5, 5.41) is 6.03. The molecule has 1 heterocycles. The standard InChI is InChI=1S/C18H24N4O/c1-2-3-11-19-17(23)16-13-21-18(22-14-16)20-12-7-10-15-8-5-4-6-9-15/h4-6,8-9,13-14H,2-3,7,10-12H2,1H3,(H,19,23)(H,20,21,22). The van der Waals surface area contributed by atoms with Gasteiger partial charge in [0.15, 0.2) is 0 Å². The van der Waals surface area contributed by atoms with E-state index >= 15 is 0 Å². The molecule has 1 aromatic carbocycles. The zero-order valence-corrected chi connectivity index (χ0v) is 13.6. The molecule has 0 saturated carbocycles. The summed E-state index contributed by atoms with van der Waals surface area (Å²) in [6.07, 6.45) is 7.19. The van der Waals surface area contributed by atoms with Crippen molar-refractivity contribution in [1.29, 1.82) is 0 Å². The number of nitrogens with one attached hydrogen (secondary N) is 2. The minimum absolute atomic E-state index is 0.117. The Kier molecular flexibility index (Phi) is 7.04. The second-order valence-corrected chi connectivity index (χ2v) is 5.42. The van der Waals surface area contributed by atoms with E-state index in [2.05, 4.69) is 51.8 Å². The second-order valence-electron chi connectivity index (χ2n) is 5.42. The van der Waals surface area contributed by atoms with Crippen molar-refractivity contribution in [2.75, 3.05) is 18.4 Å². The average molecular weight is 312 g/mol. The van der Waals surface area contributed by atoms with Gasteiger partial charge in [-0.1, -0.05) is 43.7 Å². The lowest BCUT2D eigenvalue weighted by Crippen LogP contribution is -2.24. The fraction of sp³-hybridized carbons (Fsp3) is 0.389. The highest BCUT2D eigenvalue weighted by Crippen LogP contribution is 2.04. The number of amides is 1. The van der Waals surface area contributed by atoms with Gasteiger partial charge < -0.3 is 10.6 Å². The molecule has 2 rings (SSSR count). The molecule has 0 bridgehead atoms. The lowest BCUT2D eigenvalue weighted by atomic mass is 10.1. The van der Waals surface area contributed by atoms with Crippen molar-refractivity contribution in [3.63, 3.8) is 0 Å². The van der Waals surface area contributed by atoms with Crippen LogP contribution in [0.5, 0.6) is 0 Å². The van der Waals surface area contributed by atoms with E-state index in [-0.39, 0.29) is 5.91 Å². The predicted octanol–water partition coefficient (Wildman–Crippen LogP) is 3.05. The third-order valence-electron chi connectivity index (χ3n) is 3.50. The van der Waals surface area contributed by atoms with Crippen molar-refractivity contribution < 1.29 is 4.79 Å². The molecule has 0 spiro atoms. The fourth-order valence-electron chi connectivity index (χ4n) is 2.15. The molecule has 2 aromatic rings. The topological polar surface area (TPSA) is 66.9 Å². The normalized spacial score (nSPS) is 10.3. The molecule has 2 N–H and O–H groups in total. The molecule has 0 fully saturated rings. The molecular weight excluding hydrogens is 288 g/mol. The summed E-state index contributed by atoms with van der Waals surface area (Å²) >= 11 is 0. The van der Waals surface area contributed by atoms with Crippen LogP contribution in [0, 0.1) is 0 Å². The third-order valence-corrected chi connectivity index (χ3v) is 3.50. The van der Waals surface area contributed by atoms with Gasteiger partial charge in [-0.3, -0.25) is 4.79 Å². The number of benzene rings is 1. The highest BCUT2D eigenvalue weighted by molar-refractivity contribution is 5.93. The second kappa shape index (κ2) is 9.56. The van der Waals surface area contributed by atoms with E-state index in [9.17, 15) is 4.79 Å². The summed E-state index contributed by atoms with van der Waals surface area (Å²) in [4.78, 5) is 20.2. The van der Waals surface area contributed by atoms with E-state index < -0.39 is 0 Å². The summed E-state index contributed by atoms with van der Waals surface area (Å²) in [6, 6.07) is 10.4. The van der Waals surface area contributed by atoms with Crippen LogP contribution >= 0.6 is 0 Å². The summed E-state index contributed by atoms with van der Waals surface area (Å²) in [5.41, 5.74) is 1.82. The van der Waals surface area contributed by atoms with E-state index in [4.69, 9.17) is 0 Å². The van der Waals surface area contributed by atoms with Crippen molar-refractivity contribution in [2.24, 2.45) is 0 Å². The minimum atomic E-state index is -0.117. The molecular formula is C18H24N4O. The number of hydrogen-bond acceptors (Lipinski definition) is 4. The molecule has 122 valence electrons. The highest BCUT2D eigenvalue weighted by Gasteiger charge is 2.06. The fourth-order valence-corrected chi connectivity index (χ4v) is 2.15. The Bertz CT molecular complexity index is 584. The number of hydrogen-bond donors (Lipinski definition) is 2. The van der Waals surface area contributed by atoms with Crippen molar-refractivity contribution in [1.82, 2.24) is 15.3 Å². The summed E-state index contributed by atoms with van der Waals surface area (Å²) < 4.78 is 0. The Morgan fingerprint density at radius 2 is 1.78 bits per heavy atom. The van der Waals surface area contributed by atoms with Crippen LogP contribution in [0.1, 0.15) is 42.1 Å². The molecule has 0 radical (unpaired) electrons. The highest BCUT2D eigenvalue weighted by atomic mass is 16.1. The SMILES string of the molecule is CCCCNC(=O)c1cnc(NCCCc2ccccc2)nc1. The maximum Gasteiger partial charge on any atom is 0.254 e. The van der Waals surface area contributed by atoms with Gasteiger partial charge in [0.25, 0.3) is 5.91 Å². The molecule has 0 atom stereocenters. The molecule has 23 heavy (non-hydrogen) atoms. The maximum atomic E-state index is 11.8. The number of carbonyl (C=O) groups excluding carboxylic acids is 1. The number of aromatic nitrogens is 2. The lowest BCUT2D eigenvalue weighted by molar-refractivity contribution is 0.0952. The number of anilines is 1. The van der Waals surface area contributed by atoms with E-state index in [1.54, 1.807) is 12.4 Å². The largest absolute Gasteiger partial charge is 0.354 e. The Labute approximate surface area is 137 Å². The molecule has 1 aromatic heterocycles. The van der Waals surface area contributed by atoms with Gasteiger partial charge in [-0.15, -0.1) is 0 Å². The van der Waals surface area contributed by atoms with Gasteiger partial charge in [0, 0.05) is 25.5 Å². The van der Waals surface area contributed by atoms with Gasteiger partial charge in [-0.2, -0.15) is 0 Å². The summed E-state index contributed by atoms with van der Waals surface area (Å²) in [7, 11) is 0. The number of carbonyl (C=O) groups is 1. The summed E-state index contributed by atoms with van der Waals surface area (Å²) in [6.45, 7) is 3.58. The van der Waals surface area contributed by atoms with Crippen LogP contribution in [0.2, 0.25) is 0 Å². The van der Waals surface area contributed by atoms with Crippen LogP contribution in [0.15, 0.2) is 42.7 Å². The van der Waals surface area contributed by atoms with E-state index in [0.29, 0.717) is 18.1 Å². The van der Waals surface area contributed by atoms with Crippen LogP contribution in [-0.4, -0.2) is 29.0 Å². The van der Waals surface area contributed by atoms with Gasteiger partial charge in [-0.05, 0) is 24.8 Å². The van der Waals surface area contributed by atoms with Gasteiger partial charge in [0.05, 0.1) is 5.56 Å². The van der Waals surface area contributed by atoms with Crippen LogP contribution in [0.4, 0.5) is 5.95 Å². The average Bonchev–Trinajstić information content (AvgIpc) is 2.60. The first-order chi connectivity index (χ1) is 11.3. The lowest BCUT2D eigenvalue weighted by Gasteiger charge is -2.06. The first-order valence-corrected chi connectivity index (χ1v) is 8.17. The predicted molar refractivity (Wildman–Crippen MR) is 92.5 cm³/mol. The van der Waals surface area contributed by atoms with Crippen molar-refractivity contribution in [2.45, 2.75) is 32.6 Å². The number of nitrogens with zero attached hydrogens (tertiary/aromatic N) is 2. The van der Waals surface area contributed by atoms with Crippen LogP contribution in [0.25, 0.3) is 0 Å². The van der Waals surface area contributed by atoms with Crippen LogP contribution < -0.4 is 10.6 Å². The van der Waals surface area contributed by atoms with Gasteiger partial charge in [0.1, 0.15) is 0 Å². The Morgan fingerprint density at radius 3 is 2.48 bits per heavy atom. The first-order valence-electron chi connectivity index (χ1n) is 8.17. The molecule has 0 aliphatic rings. The Hall–Kier alpha value is -2.43. The van der Waals surface area contributed by atoms with Crippen LogP contribution in [-0.2, 0) is 6.42 Å². The van der Waals surface area contributed by atoms with E-state index in [1.807, 2.05) is 6.07 Å². The molecule has 0 saturated heterocycles. The zero-order valence-electron chi connectivity index (χ0n) is 13.6. The number of aryl methyl sites for hydroxylation is 1. The zero-order chi connectivity index (χ0) is 16.3. The van der Waals surface area contributed by atoms with Crippen molar-refractivity contribution >= 4 is 11.9 Å². The van der Waals surface area contributed by atoms with Crippen LogP contribution in [0.3, 0.4) is 0 Å². The summed E-state index contributed by atoms with van der Waals surface area (Å²) in [5.74, 6) is 0.442. The number of unbranched alkanes of at least 4 members (excludes halogenated alkanes) is 1. The maximum absolute atomic E-state index is 11.8.